The lowest BCUT2D eigenvalue weighted by molar-refractivity contribution is -0.121. The lowest BCUT2D eigenvalue weighted by Gasteiger charge is -2.18. The molecule has 0 bridgehead atoms. The van der Waals surface area contributed by atoms with Crippen LogP contribution in [0.2, 0.25) is 0 Å². The highest BCUT2D eigenvalue weighted by atomic mass is 32.2. The first kappa shape index (κ1) is 16.5. The predicted molar refractivity (Wildman–Crippen MR) is 78.9 cm³/mol. The van der Waals surface area contributed by atoms with Crippen molar-refractivity contribution >= 4 is 21.6 Å². The zero-order valence-corrected chi connectivity index (χ0v) is 13.2. The number of likely N-dealkylation sites (N-methyl/N-ethyl adjacent to an activating group) is 1. The average molecular weight is 299 g/mol. The molecule has 6 nitrogen and oxygen atoms in total. The van der Waals surface area contributed by atoms with Crippen LogP contribution in [0.3, 0.4) is 0 Å². The molecule has 0 saturated heterocycles. The summed E-state index contributed by atoms with van der Waals surface area (Å²) in [6.45, 7) is 6.66. The number of nitrogens with two attached hydrogens (primary N) is 1. The van der Waals surface area contributed by atoms with Crippen molar-refractivity contribution in [3.05, 3.63) is 22.8 Å². The van der Waals surface area contributed by atoms with Gasteiger partial charge in [-0.2, -0.15) is 4.72 Å². The van der Waals surface area contributed by atoms with E-state index >= 15 is 0 Å². The molecule has 1 aromatic carbocycles. The number of amides is 1. The van der Waals surface area contributed by atoms with Gasteiger partial charge in [-0.25, -0.2) is 8.42 Å². The number of carbonyl (C=O) groups is 1. The Balaban J connectivity index is 3.33. The van der Waals surface area contributed by atoms with Crippen molar-refractivity contribution in [3.8, 4) is 0 Å². The van der Waals surface area contributed by atoms with Gasteiger partial charge in [-0.05, 0) is 50.5 Å². The third kappa shape index (κ3) is 3.10. The predicted octanol–water partition coefficient (Wildman–Crippen LogP) is 0.607. The Morgan fingerprint density at radius 3 is 2.30 bits per heavy atom. The zero-order chi connectivity index (χ0) is 15.7. The van der Waals surface area contributed by atoms with Gasteiger partial charge in [0.1, 0.15) is 0 Å². The summed E-state index contributed by atoms with van der Waals surface area (Å²) in [6.07, 6.45) is 0. The Labute approximate surface area is 119 Å². The second kappa shape index (κ2) is 5.80. The number of hydrogen-bond donors (Lipinski definition) is 3. The molecule has 1 unspecified atom stereocenters. The van der Waals surface area contributed by atoms with E-state index in [4.69, 9.17) is 5.73 Å². The molecule has 0 aliphatic carbocycles. The molecule has 0 radical (unpaired) electrons. The highest BCUT2D eigenvalue weighted by Gasteiger charge is 2.26. The maximum absolute atomic E-state index is 12.5. The summed E-state index contributed by atoms with van der Waals surface area (Å²) >= 11 is 0. The molecule has 1 aromatic rings. The molecule has 1 atom stereocenters. The van der Waals surface area contributed by atoms with E-state index in [9.17, 15) is 13.2 Å². The van der Waals surface area contributed by atoms with Crippen molar-refractivity contribution in [3.63, 3.8) is 0 Å². The van der Waals surface area contributed by atoms with Crippen LogP contribution in [0.4, 0.5) is 5.69 Å². The summed E-state index contributed by atoms with van der Waals surface area (Å²) in [7, 11) is -2.36. The van der Waals surface area contributed by atoms with E-state index in [2.05, 4.69) is 10.0 Å². The number of rotatable bonds is 4. The van der Waals surface area contributed by atoms with Gasteiger partial charge in [0.15, 0.2) is 0 Å². The molecular weight excluding hydrogens is 278 g/mol. The Kier molecular flexibility index (Phi) is 4.77. The molecule has 0 heterocycles. The van der Waals surface area contributed by atoms with E-state index < -0.39 is 22.0 Å². The maximum atomic E-state index is 12.5. The van der Waals surface area contributed by atoms with Crippen LogP contribution in [0.1, 0.15) is 23.6 Å². The number of anilines is 1. The number of sulfonamides is 1. The lowest BCUT2D eigenvalue weighted by Crippen LogP contribution is -2.43. The standard InChI is InChI=1S/C13H21N3O3S/c1-7-6-11(14)9(3)12(8(7)2)20(18,19)16-10(4)13(17)15-5/h6,10,16H,14H2,1-5H3,(H,15,17). The summed E-state index contributed by atoms with van der Waals surface area (Å²) in [6, 6.07) is 0.886. The second-order valence-electron chi connectivity index (χ2n) is 4.82. The van der Waals surface area contributed by atoms with Crippen molar-refractivity contribution in [1.82, 2.24) is 10.0 Å². The summed E-state index contributed by atoms with van der Waals surface area (Å²) in [4.78, 5) is 11.6. The van der Waals surface area contributed by atoms with Crippen molar-refractivity contribution in [2.24, 2.45) is 0 Å². The van der Waals surface area contributed by atoms with Gasteiger partial charge in [-0.1, -0.05) is 0 Å². The largest absolute Gasteiger partial charge is 0.398 e. The van der Waals surface area contributed by atoms with Gasteiger partial charge < -0.3 is 11.1 Å². The number of nitrogens with one attached hydrogen (secondary N) is 2. The molecule has 4 N–H and O–H groups in total. The summed E-state index contributed by atoms with van der Waals surface area (Å²) < 4.78 is 27.3. The molecule has 112 valence electrons. The molecular formula is C13H21N3O3S. The molecule has 0 aliphatic heterocycles. The first-order valence-corrected chi connectivity index (χ1v) is 7.70. The van der Waals surface area contributed by atoms with Crippen LogP contribution in [-0.4, -0.2) is 27.4 Å². The van der Waals surface area contributed by atoms with Crippen LogP contribution in [0.15, 0.2) is 11.0 Å². The van der Waals surface area contributed by atoms with Gasteiger partial charge in [0.2, 0.25) is 15.9 Å². The highest BCUT2D eigenvalue weighted by Crippen LogP contribution is 2.27. The molecule has 0 spiro atoms. The van der Waals surface area contributed by atoms with E-state index in [1.807, 2.05) is 0 Å². The van der Waals surface area contributed by atoms with Gasteiger partial charge in [0.25, 0.3) is 0 Å². The Morgan fingerprint density at radius 2 is 1.80 bits per heavy atom. The average Bonchev–Trinajstić information content (AvgIpc) is 2.34. The van der Waals surface area contributed by atoms with Gasteiger partial charge in [0, 0.05) is 12.7 Å². The van der Waals surface area contributed by atoms with Crippen molar-refractivity contribution in [2.75, 3.05) is 12.8 Å². The number of benzene rings is 1. The molecule has 0 saturated carbocycles. The Morgan fingerprint density at radius 1 is 1.25 bits per heavy atom. The van der Waals surface area contributed by atoms with Crippen LogP contribution in [0, 0.1) is 20.8 Å². The number of aryl methyl sites for hydroxylation is 1. The third-order valence-electron chi connectivity index (χ3n) is 3.32. The highest BCUT2D eigenvalue weighted by molar-refractivity contribution is 7.89. The molecule has 0 aliphatic rings. The topological polar surface area (TPSA) is 101 Å². The van der Waals surface area contributed by atoms with E-state index in [1.165, 1.54) is 14.0 Å². The Bertz CT molecular complexity index is 613. The maximum Gasteiger partial charge on any atom is 0.241 e. The monoisotopic (exact) mass is 299 g/mol. The molecule has 1 amide bonds. The van der Waals surface area contributed by atoms with Crippen molar-refractivity contribution in [2.45, 2.75) is 38.6 Å². The third-order valence-corrected chi connectivity index (χ3v) is 5.13. The van der Waals surface area contributed by atoms with Gasteiger partial charge >= 0.3 is 0 Å². The summed E-state index contributed by atoms with van der Waals surface area (Å²) in [5.74, 6) is -0.399. The second-order valence-corrected chi connectivity index (χ2v) is 6.47. The fourth-order valence-corrected chi connectivity index (χ4v) is 3.78. The van der Waals surface area contributed by atoms with E-state index in [1.54, 1.807) is 26.8 Å². The minimum atomic E-state index is -3.81. The van der Waals surface area contributed by atoms with Crippen LogP contribution >= 0.6 is 0 Å². The minimum Gasteiger partial charge on any atom is -0.398 e. The minimum absolute atomic E-state index is 0.144. The Hall–Kier alpha value is -1.60. The summed E-state index contributed by atoms with van der Waals surface area (Å²) in [5.41, 5.74) is 8.17. The fourth-order valence-electron chi connectivity index (χ4n) is 2.01. The number of carbonyl (C=O) groups excluding carboxylic acids is 1. The van der Waals surface area contributed by atoms with E-state index in [0.717, 1.165) is 5.56 Å². The van der Waals surface area contributed by atoms with Crippen molar-refractivity contribution < 1.29 is 13.2 Å². The number of nitrogen functional groups attached to an aromatic ring is 1. The van der Waals surface area contributed by atoms with Gasteiger partial charge in [0.05, 0.1) is 10.9 Å². The normalized spacial score (nSPS) is 13.1. The van der Waals surface area contributed by atoms with Gasteiger partial charge in [-0.15, -0.1) is 0 Å². The first-order chi connectivity index (χ1) is 9.11. The molecule has 20 heavy (non-hydrogen) atoms. The molecule has 7 heteroatoms. The van der Waals surface area contributed by atoms with Crippen LogP contribution < -0.4 is 15.8 Å². The molecule has 0 fully saturated rings. The molecule has 0 aromatic heterocycles. The van der Waals surface area contributed by atoms with Crippen LogP contribution in [-0.2, 0) is 14.8 Å². The van der Waals surface area contributed by atoms with E-state index in [-0.39, 0.29) is 4.90 Å². The van der Waals surface area contributed by atoms with Gasteiger partial charge in [-0.3, -0.25) is 4.79 Å². The fraction of sp³-hybridized carbons (Fsp3) is 0.462. The SMILES string of the molecule is CNC(=O)C(C)NS(=O)(=O)c1c(C)c(C)cc(N)c1C. The first-order valence-electron chi connectivity index (χ1n) is 6.22. The number of hydrogen-bond acceptors (Lipinski definition) is 4. The quantitative estimate of drug-likeness (QED) is 0.709. The van der Waals surface area contributed by atoms with Crippen molar-refractivity contribution in [1.29, 1.82) is 0 Å². The lowest BCUT2D eigenvalue weighted by atomic mass is 10.1. The smallest absolute Gasteiger partial charge is 0.241 e. The molecule has 1 rings (SSSR count). The van der Waals surface area contributed by atoms with Crippen LogP contribution in [0.25, 0.3) is 0 Å². The summed E-state index contributed by atoms with van der Waals surface area (Å²) in [5, 5.41) is 2.40. The van der Waals surface area contributed by atoms with E-state index in [0.29, 0.717) is 16.8 Å². The van der Waals surface area contributed by atoms with Crippen LogP contribution in [0.5, 0.6) is 0 Å². The zero-order valence-electron chi connectivity index (χ0n) is 12.4.